The lowest BCUT2D eigenvalue weighted by atomic mass is 9.96. The zero-order chi connectivity index (χ0) is 14.3. The number of nitrogens with one attached hydrogen (secondary N) is 1. The van der Waals surface area contributed by atoms with E-state index in [9.17, 15) is 9.59 Å². The van der Waals surface area contributed by atoms with Gasteiger partial charge >= 0.3 is 0 Å². The molecule has 1 atom stereocenters. The molecule has 1 unspecified atom stereocenters. The fourth-order valence-corrected chi connectivity index (χ4v) is 2.24. The summed E-state index contributed by atoms with van der Waals surface area (Å²) in [6.07, 6.45) is 3.91. The Bertz CT molecular complexity index is 321. The number of carbonyl (C=O) groups is 2. The van der Waals surface area contributed by atoms with Crippen LogP contribution in [-0.4, -0.2) is 47.6 Å². The van der Waals surface area contributed by atoms with Crippen molar-refractivity contribution >= 4 is 11.8 Å². The number of piperidine rings is 1. The molecule has 2 N–H and O–H groups in total. The standard InChI is InChI=1S/C14H24N2O3/c1-3-13(18)16-9-6-12(7-10-16)14(19)15-8-4-5-11(2)17/h3,11-12,17H,1,4-10H2,2H3,(H,15,19). The summed E-state index contributed by atoms with van der Waals surface area (Å²) >= 11 is 0. The van der Waals surface area contributed by atoms with Crippen LogP contribution in [0.2, 0.25) is 0 Å². The number of carbonyl (C=O) groups excluding carboxylic acids is 2. The molecule has 1 saturated heterocycles. The maximum Gasteiger partial charge on any atom is 0.245 e. The first-order valence-corrected chi connectivity index (χ1v) is 6.91. The summed E-state index contributed by atoms with van der Waals surface area (Å²) in [4.78, 5) is 25.0. The molecule has 0 aromatic heterocycles. The Hall–Kier alpha value is -1.36. The molecule has 0 aromatic rings. The summed E-state index contributed by atoms with van der Waals surface area (Å²) in [5.41, 5.74) is 0. The number of aliphatic hydroxyl groups excluding tert-OH is 1. The Labute approximate surface area is 114 Å². The van der Waals surface area contributed by atoms with E-state index in [0.717, 1.165) is 6.42 Å². The van der Waals surface area contributed by atoms with Crippen molar-refractivity contribution in [3.63, 3.8) is 0 Å². The molecule has 0 radical (unpaired) electrons. The van der Waals surface area contributed by atoms with Gasteiger partial charge in [0.05, 0.1) is 6.10 Å². The molecule has 1 aliphatic heterocycles. The Morgan fingerprint density at radius 3 is 2.63 bits per heavy atom. The summed E-state index contributed by atoms with van der Waals surface area (Å²) in [6, 6.07) is 0. The van der Waals surface area contributed by atoms with Gasteiger partial charge in [-0.1, -0.05) is 6.58 Å². The normalized spacial score (nSPS) is 17.9. The molecule has 1 heterocycles. The predicted octanol–water partition coefficient (Wildman–Crippen LogP) is 0.688. The van der Waals surface area contributed by atoms with E-state index in [1.54, 1.807) is 11.8 Å². The third-order valence-electron chi connectivity index (χ3n) is 3.45. The molecule has 1 rings (SSSR count). The molecule has 5 nitrogen and oxygen atoms in total. The second kappa shape index (κ2) is 7.94. The predicted molar refractivity (Wildman–Crippen MR) is 73.4 cm³/mol. The van der Waals surface area contributed by atoms with Gasteiger partial charge in [0.15, 0.2) is 0 Å². The van der Waals surface area contributed by atoms with Crippen molar-refractivity contribution in [1.82, 2.24) is 10.2 Å². The van der Waals surface area contributed by atoms with Gasteiger partial charge in [0.1, 0.15) is 0 Å². The molecule has 1 aliphatic rings. The molecule has 0 aromatic carbocycles. The lowest BCUT2D eigenvalue weighted by Gasteiger charge is -2.30. The van der Waals surface area contributed by atoms with Gasteiger partial charge in [0, 0.05) is 25.6 Å². The molecule has 2 amide bonds. The molecule has 19 heavy (non-hydrogen) atoms. The van der Waals surface area contributed by atoms with E-state index in [1.807, 2.05) is 0 Å². The van der Waals surface area contributed by atoms with Crippen molar-refractivity contribution in [2.75, 3.05) is 19.6 Å². The van der Waals surface area contributed by atoms with E-state index in [1.165, 1.54) is 6.08 Å². The minimum absolute atomic E-state index is 0.000385. The summed E-state index contributed by atoms with van der Waals surface area (Å²) in [5, 5.41) is 12.0. The van der Waals surface area contributed by atoms with E-state index in [4.69, 9.17) is 5.11 Å². The van der Waals surface area contributed by atoms with Crippen molar-refractivity contribution in [1.29, 1.82) is 0 Å². The van der Waals surface area contributed by atoms with Crippen LogP contribution in [0.4, 0.5) is 0 Å². The van der Waals surface area contributed by atoms with Crippen LogP contribution < -0.4 is 5.32 Å². The van der Waals surface area contributed by atoms with E-state index >= 15 is 0 Å². The van der Waals surface area contributed by atoms with Gasteiger partial charge in [-0.15, -0.1) is 0 Å². The first kappa shape index (κ1) is 15.7. The van der Waals surface area contributed by atoms with Crippen LogP contribution in [0.3, 0.4) is 0 Å². The summed E-state index contributed by atoms with van der Waals surface area (Å²) in [7, 11) is 0. The van der Waals surface area contributed by atoms with Crippen LogP contribution in [0.15, 0.2) is 12.7 Å². The summed E-state index contributed by atoms with van der Waals surface area (Å²) in [5.74, 6) is 0.00695. The monoisotopic (exact) mass is 268 g/mol. The average molecular weight is 268 g/mol. The minimum Gasteiger partial charge on any atom is -0.393 e. The number of rotatable bonds is 6. The highest BCUT2D eigenvalue weighted by Gasteiger charge is 2.25. The van der Waals surface area contributed by atoms with Crippen molar-refractivity contribution in [3.05, 3.63) is 12.7 Å². The zero-order valence-corrected chi connectivity index (χ0v) is 11.6. The van der Waals surface area contributed by atoms with Crippen molar-refractivity contribution in [2.45, 2.75) is 38.7 Å². The number of hydrogen-bond acceptors (Lipinski definition) is 3. The van der Waals surface area contributed by atoms with Crippen LogP contribution in [0.1, 0.15) is 32.6 Å². The molecule has 1 fully saturated rings. The highest BCUT2D eigenvalue weighted by atomic mass is 16.3. The van der Waals surface area contributed by atoms with Crippen LogP contribution in [0.5, 0.6) is 0 Å². The van der Waals surface area contributed by atoms with E-state index in [2.05, 4.69) is 11.9 Å². The van der Waals surface area contributed by atoms with Gasteiger partial charge in [-0.3, -0.25) is 9.59 Å². The molecule has 0 spiro atoms. The van der Waals surface area contributed by atoms with Gasteiger partial charge in [-0.05, 0) is 38.7 Å². The lowest BCUT2D eigenvalue weighted by Crippen LogP contribution is -2.42. The first-order chi connectivity index (χ1) is 9.04. The Kier molecular flexibility index (Phi) is 6.56. The molecular formula is C14H24N2O3. The average Bonchev–Trinajstić information content (AvgIpc) is 2.42. The first-order valence-electron chi connectivity index (χ1n) is 6.91. The van der Waals surface area contributed by atoms with Gasteiger partial charge in [0.25, 0.3) is 0 Å². The number of aliphatic hydroxyl groups is 1. The maximum atomic E-state index is 11.9. The number of hydrogen-bond donors (Lipinski definition) is 2. The Morgan fingerprint density at radius 2 is 2.11 bits per heavy atom. The van der Waals surface area contributed by atoms with Crippen LogP contribution in [0.25, 0.3) is 0 Å². The molecule has 5 heteroatoms. The van der Waals surface area contributed by atoms with Crippen molar-refractivity contribution in [2.24, 2.45) is 5.92 Å². The fourth-order valence-electron chi connectivity index (χ4n) is 2.24. The van der Waals surface area contributed by atoms with E-state index < -0.39 is 0 Å². The third-order valence-corrected chi connectivity index (χ3v) is 3.45. The molecule has 0 saturated carbocycles. The smallest absolute Gasteiger partial charge is 0.245 e. The van der Waals surface area contributed by atoms with Gasteiger partial charge in [-0.25, -0.2) is 0 Å². The Balaban J connectivity index is 2.21. The number of likely N-dealkylation sites (tertiary alicyclic amines) is 1. The maximum absolute atomic E-state index is 11.9. The van der Waals surface area contributed by atoms with Crippen molar-refractivity contribution < 1.29 is 14.7 Å². The van der Waals surface area contributed by atoms with Crippen molar-refractivity contribution in [3.8, 4) is 0 Å². The van der Waals surface area contributed by atoms with E-state index in [-0.39, 0.29) is 23.8 Å². The number of amides is 2. The van der Waals surface area contributed by atoms with Crippen LogP contribution >= 0.6 is 0 Å². The third kappa shape index (κ3) is 5.42. The highest BCUT2D eigenvalue weighted by Crippen LogP contribution is 2.17. The van der Waals surface area contributed by atoms with Crippen LogP contribution in [-0.2, 0) is 9.59 Å². The second-order valence-electron chi connectivity index (χ2n) is 5.09. The summed E-state index contributed by atoms with van der Waals surface area (Å²) < 4.78 is 0. The zero-order valence-electron chi connectivity index (χ0n) is 11.6. The molecule has 0 bridgehead atoms. The SMILES string of the molecule is C=CC(=O)N1CCC(C(=O)NCCCC(C)O)CC1. The Morgan fingerprint density at radius 1 is 1.47 bits per heavy atom. The second-order valence-corrected chi connectivity index (χ2v) is 5.09. The number of nitrogens with zero attached hydrogens (tertiary/aromatic N) is 1. The molecular weight excluding hydrogens is 244 g/mol. The molecule has 0 aliphatic carbocycles. The van der Waals surface area contributed by atoms with Gasteiger partial charge < -0.3 is 15.3 Å². The van der Waals surface area contributed by atoms with Crippen LogP contribution in [0, 0.1) is 5.92 Å². The van der Waals surface area contributed by atoms with E-state index in [0.29, 0.717) is 38.9 Å². The topological polar surface area (TPSA) is 69.6 Å². The highest BCUT2D eigenvalue weighted by molar-refractivity contribution is 5.87. The molecule has 108 valence electrons. The van der Waals surface area contributed by atoms with Gasteiger partial charge in [-0.2, -0.15) is 0 Å². The lowest BCUT2D eigenvalue weighted by molar-refractivity contribution is -0.132. The van der Waals surface area contributed by atoms with Gasteiger partial charge in [0.2, 0.25) is 11.8 Å². The fraction of sp³-hybridized carbons (Fsp3) is 0.714. The largest absolute Gasteiger partial charge is 0.393 e. The quantitative estimate of drug-likeness (QED) is 0.550. The summed E-state index contributed by atoms with van der Waals surface area (Å²) in [6.45, 7) is 7.06. The minimum atomic E-state index is -0.315.